The molecule has 0 saturated heterocycles. The van der Waals surface area contributed by atoms with Crippen LogP contribution in [-0.2, 0) is 7.05 Å². The van der Waals surface area contributed by atoms with Crippen LogP contribution in [0.4, 0.5) is 0 Å². The maximum Gasteiger partial charge on any atom is 0.350 e. The van der Waals surface area contributed by atoms with Gasteiger partial charge in [0.15, 0.2) is 11.5 Å². The molecule has 3 rings (SSSR count). The minimum absolute atomic E-state index is 0.179. The molecule has 2 aromatic rings. The third-order valence-electron chi connectivity index (χ3n) is 2.70. The average molecular weight is 233 g/mol. The summed E-state index contributed by atoms with van der Waals surface area (Å²) < 4.78 is 13.3. The van der Waals surface area contributed by atoms with Crippen LogP contribution in [0, 0.1) is 6.92 Å². The van der Waals surface area contributed by atoms with Crippen LogP contribution in [-0.4, -0.2) is 21.1 Å². The summed E-state index contributed by atoms with van der Waals surface area (Å²) in [5, 5.41) is 4.08. The highest BCUT2D eigenvalue weighted by Gasteiger charge is 2.16. The highest BCUT2D eigenvalue weighted by molar-refractivity contribution is 5.50. The van der Waals surface area contributed by atoms with Gasteiger partial charge in [-0.25, -0.2) is 14.0 Å². The van der Waals surface area contributed by atoms with Crippen molar-refractivity contribution in [1.82, 2.24) is 14.3 Å². The van der Waals surface area contributed by atoms with Gasteiger partial charge in [0.2, 0.25) is 6.79 Å². The lowest BCUT2D eigenvalue weighted by molar-refractivity contribution is 0.174. The Balaban J connectivity index is 2.19. The molecule has 1 aromatic carbocycles. The van der Waals surface area contributed by atoms with Crippen LogP contribution in [0.15, 0.2) is 23.0 Å². The van der Waals surface area contributed by atoms with Crippen molar-refractivity contribution in [3.63, 3.8) is 0 Å². The van der Waals surface area contributed by atoms with Crippen LogP contribution in [0.2, 0.25) is 0 Å². The molecule has 1 aliphatic rings. The lowest BCUT2D eigenvalue weighted by Crippen LogP contribution is -2.21. The predicted molar refractivity (Wildman–Crippen MR) is 59.7 cm³/mol. The average Bonchev–Trinajstić information content (AvgIpc) is 2.84. The molecule has 1 aliphatic heterocycles. The molecule has 0 fully saturated rings. The molecule has 0 N–H and O–H groups in total. The Morgan fingerprint density at radius 3 is 2.76 bits per heavy atom. The quantitative estimate of drug-likeness (QED) is 0.724. The number of aromatic nitrogens is 3. The van der Waals surface area contributed by atoms with E-state index >= 15 is 0 Å². The number of aryl methyl sites for hydroxylation is 2. The third-order valence-corrected chi connectivity index (χ3v) is 2.70. The summed E-state index contributed by atoms with van der Waals surface area (Å²) in [5.74, 6) is 1.98. The molecule has 0 atom stereocenters. The van der Waals surface area contributed by atoms with E-state index in [1.54, 1.807) is 26.1 Å². The van der Waals surface area contributed by atoms with Crippen molar-refractivity contribution >= 4 is 0 Å². The van der Waals surface area contributed by atoms with Gasteiger partial charge in [-0.3, -0.25) is 0 Å². The van der Waals surface area contributed by atoms with Gasteiger partial charge in [-0.1, -0.05) is 0 Å². The van der Waals surface area contributed by atoms with Crippen LogP contribution < -0.4 is 15.2 Å². The number of ether oxygens (including phenoxy) is 2. The Morgan fingerprint density at radius 1 is 1.29 bits per heavy atom. The zero-order chi connectivity index (χ0) is 12.0. The maximum absolute atomic E-state index is 11.9. The fraction of sp³-hybridized carbons (Fsp3) is 0.273. The summed E-state index contributed by atoms with van der Waals surface area (Å²) >= 11 is 0. The van der Waals surface area contributed by atoms with Gasteiger partial charge in [-0.05, 0) is 19.1 Å². The summed E-state index contributed by atoms with van der Waals surface area (Å²) in [7, 11) is 1.62. The van der Waals surface area contributed by atoms with Crippen LogP contribution in [0.1, 0.15) is 5.82 Å². The van der Waals surface area contributed by atoms with Crippen molar-refractivity contribution in [3.05, 3.63) is 34.5 Å². The fourth-order valence-corrected chi connectivity index (χ4v) is 1.91. The first kappa shape index (κ1) is 9.95. The molecule has 0 saturated carbocycles. The van der Waals surface area contributed by atoms with Gasteiger partial charge in [-0.2, -0.15) is 5.10 Å². The van der Waals surface area contributed by atoms with Crippen molar-refractivity contribution in [3.8, 4) is 17.2 Å². The molecule has 0 radical (unpaired) electrons. The summed E-state index contributed by atoms with van der Waals surface area (Å²) in [6, 6.07) is 5.37. The van der Waals surface area contributed by atoms with E-state index in [1.807, 2.05) is 6.07 Å². The first-order valence-corrected chi connectivity index (χ1v) is 5.19. The molecule has 0 spiro atoms. The van der Waals surface area contributed by atoms with E-state index in [9.17, 15) is 4.79 Å². The maximum atomic E-state index is 11.9. The standard InChI is InChI=1S/C11H11N3O3/c1-7-12-13(2)11(15)14(7)8-3-4-9-10(5-8)17-6-16-9/h3-5H,6H2,1-2H3. The number of hydrogen-bond acceptors (Lipinski definition) is 4. The van der Waals surface area contributed by atoms with Crippen LogP contribution >= 0.6 is 0 Å². The topological polar surface area (TPSA) is 58.3 Å². The second-order valence-electron chi connectivity index (χ2n) is 3.83. The molecule has 0 unspecified atom stereocenters. The zero-order valence-electron chi connectivity index (χ0n) is 9.51. The SMILES string of the molecule is Cc1nn(C)c(=O)n1-c1ccc2c(c1)OCO2. The molecule has 1 aromatic heterocycles. The van der Waals surface area contributed by atoms with Crippen molar-refractivity contribution in [2.75, 3.05) is 6.79 Å². The minimum atomic E-state index is -0.179. The van der Waals surface area contributed by atoms with E-state index < -0.39 is 0 Å². The molecule has 0 amide bonds. The zero-order valence-corrected chi connectivity index (χ0v) is 9.51. The smallest absolute Gasteiger partial charge is 0.350 e. The van der Waals surface area contributed by atoms with Gasteiger partial charge in [0.25, 0.3) is 0 Å². The second kappa shape index (κ2) is 3.38. The van der Waals surface area contributed by atoms with Crippen molar-refractivity contribution < 1.29 is 9.47 Å². The number of hydrogen-bond donors (Lipinski definition) is 0. The van der Waals surface area contributed by atoms with E-state index in [0.29, 0.717) is 17.3 Å². The van der Waals surface area contributed by atoms with Crippen LogP contribution in [0.25, 0.3) is 5.69 Å². The molecular weight excluding hydrogens is 222 g/mol. The van der Waals surface area contributed by atoms with Crippen LogP contribution in [0.5, 0.6) is 11.5 Å². The first-order valence-electron chi connectivity index (χ1n) is 5.19. The summed E-state index contributed by atoms with van der Waals surface area (Å²) in [4.78, 5) is 11.9. The van der Waals surface area contributed by atoms with E-state index in [-0.39, 0.29) is 12.5 Å². The molecule has 0 aliphatic carbocycles. The number of rotatable bonds is 1. The van der Waals surface area contributed by atoms with E-state index in [2.05, 4.69) is 5.10 Å². The Bertz CT molecular complexity index is 642. The second-order valence-corrected chi connectivity index (χ2v) is 3.83. The van der Waals surface area contributed by atoms with Gasteiger partial charge in [0.05, 0.1) is 5.69 Å². The molecule has 88 valence electrons. The van der Waals surface area contributed by atoms with Gasteiger partial charge in [-0.15, -0.1) is 0 Å². The Kier molecular flexibility index (Phi) is 1.98. The number of benzene rings is 1. The van der Waals surface area contributed by atoms with Crippen molar-refractivity contribution in [2.45, 2.75) is 6.92 Å². The van der Waals surface area contributed by atoms with Crippen LogP contribution in [0.3, 0.4) is 0 Å². The first-order chi connectivity index (χ1) is 8.16. The molecule has 17 heavy (non-hydrogen) atoms. The van der Waals surface area contributed by atoms with E-state index in [1.165, 1.54) is 9.25 Å². The molecular formula is C11H11N3O3. The summed E-state index contributed by atoms with van der Waals surface area (Å²) in [6.07, 6.45) is 0. The lowest BCUT2D eigenvalue weighted by Gasteiger charge is -2.03. The number of nitrogens with zero attached hydrogens (tertiary/aromatic N) is 3. The normalized spacial score (nSPS) is 13.1. The molecule has 0 bridgehead atoms. The molecule has 2 heterocycles. The Morgan fingerprint density at radius 2 is 2.06 bits per heavy atom. The summed E-state index contributed by atoms with van der Waals surface area (Å²) in [5.41, 5.74) is 0.547. The highest BCUT2D eigenvalue weighted by atomic mass is 16.7. The van der Waals surface area contributed by atoms with Gasteiger partial charge in [0.1, 0.15) is 5.82 Å². The summed E-state index contributed by atoms with van der Waals surface area (Å²) in [6.45, 7) is 2.01. The monoisotopic (exact) mass is 233 g/mol. The number of fused-ring (bicyclic) bond motifs is 1. The highest BCUT2D eigenvalue weighted by Crippen LogP contribution is 2.33. The van der Waals surface area contributed by atoms with Gasteiger partial charge < -0.3 is 9.47 Å². The lowest BCUT2D eigenvalue weighted by atomic mass is 10.2. The molecule has 6 heteroatoms. The van der Waals surface area contributed by atoms with E-state index in [4.69, 9.17) is 9.47 Å². The fourth-order valence-electron chi connectivity index (χ4n) is 1.91. The molecule has 6 nitrogen and oxygen atoms in total. The largest absolute Gasteiger partial charge is 0.454 e. The Labute approximate surface area is 97.0 Å². The van der Waals surface area contributed by atoms with Crippen molar-refractivity contribution in [2.24, 2.45) is 7.05 Å². The predicted octanol–water partition coefficient (Wildman–Crippen LogP) is 0.608. The van der Waals surface area contributed by atoms with Crippen molar-refractivity contribution in [1.29, 1.82) is 0 Å². The van der Waals surface area contributed by atoms with E-state index in [0.717, 1.165) is 5.69 Å². The third kappa shape index (κ3) is 1.41. The van der Waals surface area contributed by atoms with Gasteiger partial charge >= 0.3 is 5.69 Å². The Hall–Kier alpha value is -2.24. The van der Waals surface area contributed by atoms with Gasteiger partial charge in [0, 0.05) is 13.1 Å². The minimum Gasteiger partial charge on any atom is -0.454 e.